The van der Waals surface area contributed by atoms with Gasteiger partial charge >= 0.3 is 0 Å². The normalized spacial score (nSPS) is 12.7. The summed E-state index contributed by atoms with van der Waals surface area (Å²) < 4.78 is 5.65. The predicted molar refractivity (Wildman–Crippen MR) is 121 cm³/mol. The molecule has 1 N–H and O–H groups in total. The summed E-state index contributed by atoms with van der Waals surface area (Å²) in [5, 5.41) is 3.80. The van der Waals surface area contributed by atoms with Gasteiger partial charge in [0.2, 0.25) is 5.91 Å². The molecule has 2 unspecified atom stereocenters. The Bertz CT molecular complexity index is 851. The van der Waals surface area contributed by atoms with Crippen molar-refractivity contribution in [3.63, 3.8) is 0 Å². The number of halogens is 2. The van der Waals surface area contributed by atoms with Gasteiger partial charge < -0.3 is 15.0 Å². The van der Waals surface area contributed by atoms with Gasteiger partial charge in [0.25, 0.3) is 5.91 Å². The van der Waals surface area contributed by atoms with Crippen LogP contribution >= 0.6 is 23.2 Å². The smallest absolute Gasteiger partial charge is 0.261 e. The van der Waals surface area contributed by atoms with Crippen LogP contribution in [0.5, 0.6) is 5.75 Å². The topological polar surface area (TPSA) is 58.6 Å². The van der Waals surface area contributed by atoms with Gasteiger partial charge in [-0.15, -0.1) is 0 Å². The Morgan fingerprint density at radius 1 is 1.07 bits per heavy atom. The highest BCUT2D eigenvalue weighted by molar-refractivity contribution is 6.36. The number of hydrogen-bond acceptors (Lipinski definition) is 3. The van der Waals surface area contributed by atoms with Crippen molar-refractivity contribution in [2.24, 2.45) is 0 Å². The summed E-state index contributed by atoms with van der Waals surface area (Å²) >= 11 is 12.6. The number of benzene rings is 2. The maximum Gasteiger partial charge on any atom is 0.261 e. The van der Waals surface area contributed by atoms with E-state index >= 15 is 0 Å². The van der Waals surface area contributed by atoms with Gasteiger partial charge in [0.15, 0.2) is 6.61 Å². The summed E-state index contributed by atoms with van der Waals surface area (Å²) in [6.07, 6.45) is 0.791. The monoisotopic (exact) mass is 450 g/mol. The number of carbonyl (C=O) groups is 2. The Labute approximate surface area is 188 Å². The van der Waals surface area contributed by atoms with Crippen LogP contribution in [0.3, 0.4) is 0 Å². The van der Waals surface area contributed by atoms with Crippen LogP contribution in [-0.2, 0) is 16.1 Å². The van der Waals surface area contributed by atoms with E-state index in [0.717, 1.165) is 12.0 Å². The average molecular weight is 451 g/mol. The van der Waals surface area contributed by atoms with Gasteiger partial charge in [-0.1, -0.05) is 53.9 Å². The largest absolute Gasteiger partial charge is 0.484 e. The number of nitrogens with one attached hydrogen (secondary N) is 1. The molecule has 2 rings (SSSR count). The second-order valence-electron chi connectivity index (χ2n) is 7.32. The average Bonchev–Trinajstić information content (AvgIpc) is 2.72. The Morgan fingerprint density at radius 3 is 2.23 bits per heavy atom. The standard InChI is InChI=1S/C23H28Cl2N2O3/c1-5-16(3)26-23(29)17(4)27(13-19-20(24)7-6-8-21(19)25)22(28)14-30-18-11-9-15(2)10-12-18/h6-12,16-17H,5,13-14H2,1-4H3,(H,26,29). The molecule has 30 heavy (non-hydrogen) atoms. The first-order valence-corrected chi connectivity index (χ1v) is 10.7. The highest BCUT2D eigenvalue weighted by Gasteiger charge is 2.28. The maximum absolute atomic E-state index is 13.0. The molecule has 0 saturated carbocycles. The van der Waals surface area contributed by atoms with Crippen molar-refractivity contribution in [1.29, 1.82) is 0 Å². The fraction of sp³-hybridized carbons (Fsp3) is 0.391. The molecule has 0 aliphatic heterocycles. The molecular formula is C23H28Cl2N2O3. The Balaban J connectivity index is 2.21. The lowest BCUT2D eigenvalue weighted by Crippen LogP contribution is -2.50. The first-order valence-electron chi connectivity index (χ1n) is 9.95. The summed E-state index contributed by atoms with van der Waals surface area (Å²) in [5.74, 6) is 0.0101. The molecule has 0 aliphatic carbocycles. The van der Waals surface area contributed by atoms with Crippen LogP contribution in [0.4, 0.5) is 0 Å². The van der Waals surface area contributed by atoms with Gasteiger partial charge in [-0.25, -0.2) is 0 Å². The van der Waals surface area contributed by atoms with Crippen molar-refractivity contribution in [2.75, 3.05) is 6.61 Å². The van der Waals surface area contributed by atoms with Crippen LogP contribution in [0.1, 0.15) is 38.3 Å². The van der Waals surface area contributed by atoms with Gasteiger partial charge in [0.1, 0.15) is 11.8 Å². The Kier molecular flexibility index (Phi) is 9.00. The van der Waals surface area contributed by atoms with Crippen LogP contribution in [-0.4, -0.2) is 35.4 Å². The SMILES string of the molecule is CCC(C)NC(=O)C(C)N(Cc1c(Cl)cccc1Cl)C(=O)COc1ccc(C)cc1. The molecular weight excluding hydrogens is 423 g/mol. The van der Waals surface area contributed by atoms with Crippen LogP contribution in [0.15, 0.2) is 42.5 Å². The van der Waals surface area contributed by atoms with Crippen LogP contribution in [0.2, 0.25) is 10.0 Å². The Morgan fingerprint density at radius 2 is 1.67 bits per heavy atom. The van der Waals surface area contributed by atoms with Gasteiger partial charge in [0, 0.05) is 28.2 Å². The van der Waals surface area contributed by atoms with Crippen molar-refractivity contribution in [1.82, 2.24) is 10.2 Å². The van der Waals surface area contributed by atoms with E-state index in [1.54, 1.807) is 37.3 Å². The summed E-state index contributed by atoms with van der Waals surface area (Å²) in [6, 6.07) is 11.8. The van der Waals surface area contributed by atoms with Crippen molar-refractivity contribution < 1.29 is 14.3 Å². The summed E-state index contributed by atoms with van der Waals surface area (Å²) in [7, 11) is 0. The molecule has 2 atom stereocenters. The van der Waals surface area contributed by atoms with Crippen molar-refractivity contribution in [3.8, 4) is 5.75 Å². The maximum atomic E-state index is 13.0. The summed E-state index contributed by atoms with van der Waals surface area (Å²) in [4.78, 5) is 27.2. The van der Waals surface area contributed by atoms with E-state index in [1.807, 2.05) is 32.9 Å². The molecule has 7 heteroatoms. The first kappa shape index (κ1) is 24.0. The number of hydrogen-bond donors (Lipinski definition) is 1. The third-order valence-corrected chi connectivity index (χ3v) is 5.65. The molecule has 0 saturated heterocycles. The second-order valence-corrected chi connectivity index (χ2v) is 8.13. The van der Waals surface area contributed by atoms with Crippen molar-refractivity contribution in [2.45, 2.75) is 52.7 Å². The lowest BCUT2D eigenvalue weighted by Gasteiger charge is -2.30. The second kappa shape index (κ2) is 11.2. The molecule has 162 valence electrons. The molecule has 0 fully saturated rings. The number of amides is 2. The van der Waals surface area contributed by atoms with Crippen molar-refractivity contribution in [3.05, 3.63) is 63.6 Å². The lowest BCUT2D eigenvalue weighted by atomic mass is 10.1. The van der Waals surface area contributed by atoms with E-state index in [2.05, 4.69) is 5.32 Å². The molecule has 2 aromatic carbocycles. The molecule has 5 nitrogen and oxygen atoms in total. The van der Waals surface area contributed by atoms with E-state index in [4.69, 9.17) is 27.9 Å². The Hall–Kier alpha value is -2.24. The minimum absolute atomic E-state index is 0.00427. The molecule has 0 heterocycles. The highest BCUT2D eigenvalue weighted by atomic mass is 35.5. The number of nitrogens with zero attached hydrogens (tertiary/aromatic N) is 1. The number of carbonyl (C=O) groups excluding carboxylic acids is 2. The van der Waals surface area contributed by atoms with Crippen LogP contribution < -0.4 is 10.1 Å². The van der Waals surface area contributed by atoms with E-state index in [-0.39, 0.29) is 31.0 Å². The predicted octanol–water partition coefficient (Wildman–Crippen LogP) is 5.01. The molecule has 2 amide bonds. The first-order chi connectivity index (χ1) is 14.2. The fourth-order valence-electron chi connectivity index (χ4n) is 2.76. The zero-order valence-corrected chi connectivity index (χ0v) is 19.3. The summed E-state index contributed by atoms with van der Waals surface area (Å²) in [6.45, 7) is 7.46. The number of ether oxygens (including phenoxy) is 1. The van der Waals surface area contributed by atoms with Gasteiger partial charge in [-0.05, 0) is 51.5 Å². The van der Waals surface area contributed by atoms with E-state index in [0.29, 0.717) is 21.4 Å². The van der Waals surface area contributed by atoms with E-state index in [1.165, 1.54) is 4.90 Å². The van der Waals surface area contributed by atoms with E-state index < -0.39 is 6.04 Å². The quantitative estimate of drug-likeness (QED) is 0.583. The van der Waals surface area contributed by atoms with Crippen molar-refractivity contribution >= 4 is 35.0 Å². The van der Waals surface area contributed by atoms with Gasteiger partial charge in [-0.3, -0.25) is 9.59 Å². The zero-order chi connectivity index (χ0) is 22.3. The van der Waals surface area contributed by atoms with Gasteiger partial charge in [-0.2, -0.15) is 0 Å². The zero-order valence-electron chi connectivity index (χ0n) is 17.7. The minimum Gasteiger partial charge on any atom is -0.484 e. The minimum atomic E-state index is -0.722. The lowest BCUT2D eigenvalue weighted by molar-refractivity contribution is -0.142. The van der Waals surface area contributed by atoms with Crippen LogP contribution in [0.25, 0.3) is 0 Å². The van der Waals surface area contributed by atoms with Gasteiger partial charge in [0.05, 0.1) is 0 Å². The third kappa shape index (κ3) is 6.64. The molecule has 0 bridgehead atoms. The number of rotatable bonds is 9. The highest BCUT2D eigenvalue weighted by Crippen LogP contribution is 2.26. The molecule has 0 aromatic heterocycles. The summed E-state index contributed by atoms with van der Waals surface area (Å²) in [5.41, 5.74) is 1.69. The van der Waals surface area contributed by atoms with E-state index in [9.17, 15) is 9.59 Å². The molecule has 0 radical (unpaired) electrons. The number of aryl methyl sites for hydroxylation is 1. The molecule has 0 spiro atoms. The fourth-order valence-corrected chi connectivity index (χ4v) is 3.28. The molecule has 2 aromatic rings. The van der Waals surface area contributed by atoms with Crippen LogP contribution in [0, 0.1) is 6.92 Å². The molecule has 0 aliphatic rings. The third-order valence-electron chi connectivity index (χ3n) is 4.94.